The maximum absolute atomic E-state index is 13.0. The van der Waals surface area contributed by atoms with Gasteiger partial charge in [0, 0.05) is 24.9 Å². The fraction of sp³-hybridized carbons (Fsp3) is 0.367. The summed E-state index contributed by atoms with van der Waals surface area (Å²) in [5.74, 6) is 1.65. The zero-order chi connectivity index (χ0) is 23.2. The standard InChI is InChI=1S/C30H34N2O2/c33-29(31-18-15-27(24-9-3-1-4-10-24)25-11-5-2-6-12-25)28-23-30(28)16-20-32(21-17-30)19-7-13-26-14-8-22-34-26/h1-14,22,27-28H,15-21,23H2,(H,31,33)/b13-7+. The number of carbonyl (C=O) groups is 1. The molecular weight excluding hydrogens is 420 g/mol. The van der Waals surface area contributed by atoms with Gasteiger partial charge in [-0.25, -0.2) is 0 Å². The van der Waals surface area contributed by atoms with Gasteiger partial charge in [0.05, 0.1) is 6.26 Å². The van der Waals surface area contributed by atoms with Crippen molar-refractivity contribution in [3.05, 3.63) is 102 Å². The summed E-state index contributed by atoms with van der Waals surface area (Å²) >= 11 is 0. The number of hydrogen-bond donors (Lipinski definition) is 1. The Morgan fingerprint density at radius 2 is 1.68 bits per heavy atom. The molecule has 2 aliphatic rings. The third kappa shape index (κ3) is 5.34. The maximum Gasteiger partial charge on any atom is 0.223 e. The Kier molecular flexibility index (Phi) is 6.96. The number of carbonyl (C=O) groups excluding carboxylic acids is 1. The maximum atomic E-state index is 13.0. The van der Waals surface area contributed by atoms with Crippen molar-refractivity contribution in [1.82, 2.24) is 10.2 Å². The van der Waals surface area contributed by atoms with Crippen molar-refractivity contribution >= 4 is 12.0 Å². The van der Waals surface area contributed by atoms with Crippen molar-refractivity contribution in [2.24, 2.45) is 11.3 Å². The Morgan fingerprint density at radius 3 is 2.29 bits per heavy atom. The molecule has 2 heterocycles. The monoisotopic (exact) mass is 454 g/mol. The molecule has 0 radical (unpaired) electrons. The second kappa shape index (κ2) is 10.4. The number of furan rings is 1. The van der Waals surface area contributed by atoms with Gasteiger partial charge in [0.1, 0.15) is 5.76 Å². The predicted octanol–water partition coefficient (Wildman–Crippen LogP) is 5.73. The summed E-state index contributed by atoms with van der Waals surface area (Å²) in [6.45, 7) is 3.78. The lowest BCUT2D eigenvalue weighted by Crippen LogP contribution is -2.37. The van der Waals surface area contributed by atoms with Crippen molar-refractivity contribution < 1.29 is 9.21 Å². The number of hydrogen-bond acceptors (Lipinski definition) is 3. The smallest absolute Gasteiger partial charge is 0.223 e. The molecule has 1 aliphatic heterocycles. The molecule has 1 saturated heterocycles. The molecule has 3 aromatic rings. The van der Waals surface area contributed by atoms with Crippen LogP contribution < -0.4 is 5.32 Å². The quantitative estimate of drug-likeness (QED) is 0.449. The molecule has 1 amide bonds. The summed E-state index contributed by atoms with van der Waals surface area (Å²) in [6.07, 6.45) is 10.1. The molecule has 176 valence electrons. The van der Waals surface area contributed by atoms with Crippen molar-refractivity contribution in [3.8, 4) is 0 Å². The van der Waals surface area contributed by atoms with Gasteiger partial charge in [-0.15, -0.1) is 0 Å². The molecule has 1 atom stereocenters. The zero-order valence-electron chi connectivity index (χ0n) is 19.7. The second-order valence-corrected chi connectivity index (χ2v) is 9.79. The van der Waals surface area contributed by atoms with Gasteiger partial charge in [-0.05, 0) is 73.5 Å². The minimum absolute atomic E-state index is 0.195. The number of piperidine rings is 1. The lowest BCUT2D eigenvalue weighted by Gasteiger charge is -2.32. The van der Waals surface area contributed by atoms with E-state index in [1.54, 1.807) is 6.26 Å². The topological polar surface area (TPSA) is 45.5 Å². The van der Waals surface area contributed by atoms with E-state index in [0.29, 0.717) is 12.5 Å². The third-order valence-corrected chi connectivity index (χ3v) is 7.68. The first-order chi connectivity index (χ1) is 16.7. The van der Waals surface area contributed by atoms with Gasteiger partial charge >= 0.3 is 0 Å². The van der Waals surface area contributed by atoms with E-state index < -0.39 is 0 Å². The van der Waals surface area contributed by atoms with Gasteiger partial charge in [0.25, 0.3) is 0 Å². The number of amides is 1. The van der Waals surface area contributed by atoms with Crippen LogP contribution in [0.15, 0.2) is 89.6 Å². The van der Waals surface area contributed by atoms with Crippen LogP contribution in [0.1, 0.15) is 48.5 Å². The number of rotatable bonds is 9. The van der Waals surface area contributed by atoms with Crippen LogP contribution in [0, 0.1) is 11.3 Å². The van der Waals surface area contributed by atoms with E-state index in [1.807, 2.05) is 18.2 Å². The van der Waals surface area contributed by atoms with Crippen LogP contribution in [-0.2, 0) is 4.79 Å². The third-order valence-electron chi connectivity index (χ3n) is 7.68. The van der Waals surface area contributed by atoms with Gasteiger partial charge in [0.2, 0.25) is 5.91 Å². The highest BCUT2D eigenvalue weighted by Gasteiger charge is 2.58. The largest absolute Gasteiger partial charge is 0.465 e. The predicted molar refractivity (Wildman–Crippen MR) is 136 cm³/mol. The minimum Gasteiger partial charge on any atom is -0.465 e. The normalized spacial score (nSPS) is 19.6. The molecule has 1 saturated carbocycles. The van der Waals surface area contributed by atoms with Crippen molar-refractivity contribution in [3.63, 3.8) is 0 Å². The summed E-state index contributed by atoms with van der Waals surface area (Å²) in [7, 11) is 0. The molecule has 1 spiro atoms. The average Bonchev–Trinajstić information content (AvgIpc) is 3.32. The van der Waals surface area contributed by atoms with E-state index in [-0.39, 0.29) is 17.2 Å². The van der Waals surface area contributed by atoms with Gasteiger partial charge in [0.15, 0.2) is 0 Å². The molecule has 2 aromatic carbocycles. The molecule has 1 aliphatic carbocycles. The van der Waals surface area contributed by atoms with Crippen LogP contribution >= 0.6 is 0 Å². The fourth-order valence-electron chi connectivity index (χ4n) is 5.52. The molecule has 0 bridgehead atoms. The van der Waals surface area contributed by atoms with Gasteiger partial charge in [-0.1, -0.05) is 66.7 Å². The Labute approximate surface area is 202 Å². The molecular formula is C30H34N2O2. The van der Waals surface area contributed by atoms with Crippen molar-refractivity contribution in [2.45, 2.75) is 31.6 Å². The molecule has 4 nitrogen and oxygen atoms in total. The summed E-state index contributed by atoms with van der Waals surface area (Å²) in [5, 5.41) is 3.27. The van der Waals surface area contributed by atoms with Crippen LogP contribution in [0.3, 0.4) is 0 Å². The Balaban J connectivity index is 1.09. The Bertz CT molecular complexity index is 1030. The van der Waals surface area contributed by atoms with Crippen molar-refractivity contribution in [1.29, 1.82) is 0 Å². The first kappa shape index (κ1) is 22.7. The first-order valence-electron chi connectivity index (χ1n) is 12.5. The molecule has 1 unspecified atom stereocenters. The van der Waals surface area contributed by atoms with Gasteiger partial charge in [-0.3, -0.25) is 9.69 Å². The van der Waals surface area contributed by atoms with E-state index >= 15 is 0 Å². The van der Waals surface area contributed by atoms with E-state index in [2.05, 4.69) is 77.0 Å². The number of nitrogens with zero attached hydrogens (tertiary/aromatic N) is 1. The van der Waals surface area contributed by atoms with Gasteiger partial charge < -0.3 is 9.73 Å². The van der Waals surface area contributed by atoms with Crippen molar-refractivity contribution in [2.75, 3.05) is 26.2 Å². The minimum atomic E-state index is 0.195. The number of benzene rings is 2. The second-order valence-electron chi connectivity index (χ2n) is 9.79. The van der Waals surface area contributed by atoms with Crippen LogP contribution in [0.5, 0.6) is 0 Å². The number of nitrogens with one attached hydrogen (secondary N) is 1. The molecule has 1 N–H and O–H groups in total. The lowest BCUT2D eigenvalue weighted by atomic mass is 9.88. The lowest BCUT2D eigenvalue weighted by molar-refractivity contribution is -0.123. The highest BCUT2D eigenvalue weighted by molar-refractivity contribution is 5.82. The summed E-state index contributed by atoms with van der Waals surface area (Å²) in [6, 6.07) is 25.1. The van der Waals surface area contributed by atoms with E-state index in [9.17, 15) is 4.79 Å². The van der Waals surface area contributed by atoms with Crippen LogP contribution in [0.4, 0.5) is 0 Å². The van der Waals surface area contributed by atoms with Gasteiger partial charge in [-0.2, -0.15) is 0 Å². The summed E-state index contributed by atoms with van der Waals surface area (Å²) in [5.41, 5.74) is 2.85. The SMILES string of the molecule is O=C(NCCC(c1ccccc1)c1ccccc1)C1CC12CCN(C/C=C/c1ccco1)CC2. The average molecular weight is 455 g/mol. The molecule has 2 fully saturated rings. The summed E-state index contributed by atoms with van der Waals surface area (Å²) in [4.78, 5) is 15.4. The number of likely N-dealkylation sites (tertiary alicyclic amines) is 1. The summed E-state index contributed by atoms with van der Waals surface area (Å²) < 4.78 is 5.35. The Morgan fingerprint density at radius 1 is 1.00 bits per heavy atom. The highest BCUT2D eigenvalue weighted by Crippen LogP contribution is 2.59. The zero-order valence-corrected chi connectivity index (χ0v) is 19.7. The molecule has 1 aromatic heterocycles. The first-order valence-corrected chi connectivity index (χ1v) is 12.5. The molecule has 4 heteroatoms. The molecule has 5 rings (SSSR count). The van der Waals surface area contributed by atoms with E-state index in [1.165, 1.54) is 11.1 Å². The fourth-order valence-corrected chi connectivity index (χ4v) is 5.52. The van der Waals surface area contributed by atoms with E-state index in [0.717, 1.165) is 51.1 Å². The highest BCUT2D eigenvalue weighted by atomic mass is 16.3. The Hall–Kier alpha value is -3.11. The van der Waals surface area contributed by atoms with Crippen LogP contribution in [0.2, 0.25) is 0 Å². The van der Waals surface area contributed by atoms with E-state index in [4.69, 9.17) is 4.42 Å². The molecule has 34 heavy (non-hydrogen) atoms. The van der Waals surface area contributed by atoms with Crippen LogP contribution in [-0.4, -0.2) is 37.0 Å². The van der Waals surface area contributed by atoms with Crippen LogP contribution in [0.25, 0.3) is 6.08 Å².